The van der Waals surface area contributed by atoms with Crippen molar-refractivity contribution in [2.45, 2.75) is 32.9 Å². The largest absolute Gasteiger partial charge is 0.356 e. The maximum absolute atomic E-state index is 13.8. The zero-order valence-corrected chi connectivity index (χ0v) is 19.0. The van der Waals surface area contributed by atoms with Gasteiger partial charge in [-0.2, -0.15) is 11.8 Å². The standard InChI is InChI=1S/C18H27FN6S.HI/c1-3-17-24-23-14-25(17)11-10-21-18(20-9-6-12-26-2)22-13-15-7-4-5-8-16(15)19;/h4-5,7-8,14H,3,6,9-13H2,1-2H3,(H2,20,21,22);1H. The first kappa shape index (κ1) is 23.7. The highest BCUT2D eigenvalue weighted by atomic mass is 127. The first-order valence-electron chi connectivity index (χ1n) is 8.85. The van der Waals surface area contributed by atoms with Crippen molar-refractivity contribution >= 4 is 41.7 Å². The van der Waals surface area contributed by atoms with Crippen LogP contribution in [0.4, 0.5) is 4.39 Å². The number of aromatic nitrogens is 3. The molecule has 0 fully saturated rings. The molecule has 0 saturated heterocycles. The fraction of sp³-hybridized carbons (Fsp3) is 0.500. The number of aryl methyl sites for hydroxylation is 1. The third-order valence-corrected chi connectivity index (χ3v) is 4.54. The van der Waals surface area contributed by atoms with E-state index in [4.69, 9.17) is 0 Å². The van der Waals surface area contributed by atoms with Gasteiger partial charge in [-0.25, -0.2) is 9.38 Å². The van der Waals surface area contributed by atoms with Crippen LogP contribution >= 0.6 is 35.7 Å². The quantitative estimate of drug-likeness (QED) is 0.225. The molecule has 1 aromatic carbocycles. The van der Waals surface area contributed by atoms with E-state index in [0.717, 1.165) is 37.5 Å². The summed E-state index contributed by atoms with van der Waals surface area (Å²) in [4.78, 5) is 4.52. The second-order valence-electron chi connectivity index (χ2n) is 5.75. The summed E-state index contributed by atoms with van der Waals surface area (Å²) in [6, 6.07) is 6.73. The molecule has 0 amide bonds. The number of nitrogens with one attached hydrogen (secondary N) is 2. The van der Waals surface area contributed by atoms with Gasteiger partial charge < -0.3 is 15.2 Å². The van der Waals surface area contributed by atoms with E-state index in [1.807, 2.05) is 22.4 Å². The number of aliphatic imine (C=N–C) groups is 1. The van der Waals surface area contributed by atoms with Crippen LogP contribution in [0.5, 0.6) is 0 Å². The molecule has 0 bridgehead atoms. The van der Waals surface area contributed by atoms with Crippen LogP contribution in [-0.4, -0.2) is 45.8 Å². The van der Waals surface area contributed by atoms with Crippen LogP contribution in [0.3, 0.4) is 0 Å². The maximum Gasteiger partial charge on any atom is 0.191 e. The van der Waals surface area contributed by atoms with E-state index in [-0.39, 0.29) is 29.8 Å². The Hall–Kier alpha value is -1.36. The molecule has 150 valence electrons. The topological polar surface area (TPSA) is 67.1 Å². The summed E-state index contributed by atoms with van der Waals surface area (Å²) >= 11 is 1.82. The number of rotatable bonds is 10. The molecule has 2 N–H and O–H groups in total. The summed E-state index contributed by atoms with van der Waals surface area (Å²) in [5, 5.41) is 14.7. The number of thioether (sulfide) groups is 1. The Labute approximate surface area is 181 Å². The molecule has 1 aromatic heterocycles. The molecule has 0 spiro atoms. The number of hydrogen-bond donors (Lipinski definition) is 2. The lowest BCUT2D eigenvalue weighted by Crippen LogP contribution is -2.39. The second-order valence-corrected chi connectivity index (χ2v) is 6.74. The lowest BCUT2D eigenvalue weighted by molar-refractivity contribution is 0.608. The summed E-state index contributed by atoms with van der Waals surface area (Å²) in [5.74, 6) is 2.52. The van der Waals surface area contributed by atoms with E-state index in [1.54, 1.807) is 18.5 Å². The first-order chi connectivity index (χ1) is 12.7. The molecule has 1 heterocycles. The molecule has 0 unspecified atom stereocenters. The van der Waals surface area contributed by atoms with Gasteiger partial charge in [0.25, 0.3) is 0 Å². The average molecular weight is 506 g/mol. The predicted molar refractivity (Wildman–Crippen MR) is 121 cm³/mol. The van der Waals surface area contributed by atoms with Crippen LogP contribution in [0.1, 0.15) is 24.7 Å². The van der Waals surface area contributed by atoms with E-state index >= 15 is 0 Å². The summed E-state index contributed by atoms with van der Waals surface area (Å²) in [5.41, 5.74) is 0.588. The van der Waals surface area contributed by atoms with Crippen LogP contribution in [0.2, 0.25) is 0 Å². The molecule has 27 heavy (non-hydrogen) atoms. The van der Waals surface area contributed by atoms with Crippen molar-refractivity contribution in [3.05, 3.63) is 47.8 Å². The third-order valence-electron chi connectivity index (χ3n) is 3.84. The van der Waals surface area contributed by atoms with E-state index in [9.17, 15) is 4.39 Å². The highest BCUT2D eigenvalue weighted by molar-refractivity contribution is 14.0. The minimum absolute atomic E-state index is 0. The number of hydrogen-bond acceptors (Lipinski definition) is 4. The van der Waals surface area contributed by atoms with E-state index in [1.165, 1.54) is 6.07 Å². The van der Waals surface area contributed by atoms with Crippen molar-refractivity contribution in [3.63, 3.8) is 0 Å². The van der Waals surface area contributed by atoms with Crippen molar-refractivity contribution in [2.24, 2.45) is 4.99 Å². The van der Waals surface area contributed by atoms with Gasteiger partial charge in [-0.3, -0.25) is 0 Å². The Morgan fingerprint density at radius 1 is 1.26 bits per heavy atom. The number of benzene rings is 1. The Balaban J connectivity index is 0.00000364. The summed E-state index contributed by atoms with van der Waals surface area (Å²) in [7, 11) is 0. The molecule has 0 radical (unpaired) electrons. The van der Waals surface area contributed by atoms with Crippen LogP contribution < -0.4 is 10.6 Å². The molecule has 0 aliphatic rings. The normalized spacial score (nSPS) is 11.1. The van der Waals surface area contributed by atoms with Crippen LogP contribution in [-0.2, 0) is 19.5 Å². The highest BCUT2D eigenvalue weighted by Gasteiger charge is 2.04. The molecule has 0 aliphatic heterocycles. The Bertz CT molecular complexity index is 694. The van der Waals surface area contributed by atoms with Crippen LogP contribution in [0, 0.1) is 5.82 Å². The smallest absolute Gasteiger partial charge is 0.191 e. The molecular weight excluding hydrogens is 478 g/mol. The minimum atomic E-state index is -0.227. The first-order valence-corrected chi connectivity index (χ1v) is 10.2. The molecule has 2 rings (SSSR count). The maximum atomic E-state index is 13.8. The van der Waals surface area contributed by atoms with Gasteiger partial charge in [0, 0.05) is 31.6 Å². The molecule has 2 aromatic rings. The molecule has 6 nitrogen and oxygen atoms in total. The lowest BCUT2D eigenvalue weighted by atomic mass is 10.2. The average Bonchev–Trinajstić information content (AvgIpc) is 3.11. The second kappa shape index (κ2) is 13.8. The lowest BCUT2D eigenvalue weighted by Gasteiger charge is -2.13. The SMILES string of the molecule is CCc1nncn1CCNC(=NCc1ccccc1F)NCCCSC.I. The van der Waals surface area contributed by atoms with Crippen molar-refractivity contribution in [3.8, 4) is 0 Å². The molecular formula is C18H28FIN6S. The zero-order chi connectivity index (χ0) is 18.6. The van der Waals surface area contributed by atoms with Gasteiger partial charge >= 0.3 is 0 Å². The number of nitrogens with zero attached hydrogens (tertiary/aromatic N) is 4. The number of halogens is 2. The summed E-state index contributed by atoms with van der Waals surface area (Å²) in [6.07, 6.45) is 5.73. The summed E-state index contributed by atoms with van der Waals surface area (Å²) < 4.78 is 15.8. The van der Waals surface area contributed by atoms with Crippen molar-refractivity contribution < 1.29 is 4.39 Å². The molecule has 9 heteroatoms. The van der Waals surface area contributed by atoms with Gasteiger partial charge in [-0.15, -0.1) is 34.2 Å². The van der Waals surface area contributed by atoms with Gasteiger partial charge in [-0.05, 0) is 24.5 Å². The van der Waals surface area contributed by atoms with Gasteiger partial charge in [0.2, 0.25) is 0 Å². The van der Waals surface area contributed by atoms with Crippen LogP contribution in [0.25, 0.3) is 0 Å². The van der Waals surface area contributed by atoms with Gasteiger partial charge in [0.05, 0.1) is 6.54 Å². The van der Waals surface area contributed by atoms with E-state index in [2.05, 4.69) is 39.0 Å². The van der Waals surface area contributed by atoms with E-state index in [0.29, 0.717) is 24.6 Å². The Kier molecular flexibility index (Phi) is 12.1. The highest BCUT2D eigenvalue weighted by Crippen LogP contribution is 2.07. The Morgan fingerprint density at radius 3 is 2.78 bits per heavy atom. The fourth-order valence-electron chi connectivity index (χ4n) is 2.42. The third kappa shape index (κ3) is 8.46. The van der Waals surface area contributed by atoms with Crippen molar-refractivity contribution in [1.82, 2.24) is 25.4 Å². The van der Waals surface area contributed by atoms with Gasteiger partial charge in [-0.1, -0.05) is 25.1 Å². The Morgan fingerprint density at radius 2 is 2.04 bits per heavy atom. The van der Waals surface area contributed by atoms with Crippen molar-refractivity contribution in [2.75, 3.05) is 25.1 Å². The van der Waals surface area contributed by atoms with Gasteiger partial charge in [0.15, 0.2) is 5.96 Å². The fourth-order valence-corrected chi connectivity index (χ4v) is 2.86. The molecule has 0 atom stereocenters. The van der Waals surface area contributed by atoms with Gasteiger partial charge in [0.1, 0.15) is 18.0 Å². The monoisotopic (exact) mass is 506 g/mol. The van der Waals surface area contributed by atoms with E-state index < -0.39 is 0 Å². The number of guanidine groups is 1. The predicted octanol–water partition coefficient (Wildman–Crippen LogP) is 3.09. The zero-order valence-electron chi connectivity index (χ0n) is 15.8. The van der Waals surface area contributed by atoms with Crippen molar-refractivity contribution in [1.29, 1.82) is 0 Å². The molecule has 0 aliphatic carbocycles. The molecule has 0 saturated carbocycles. The summed E-state index contributed by atoms with van der Waals surface area (Å²) in [6.45, 7) is 4.63. The van der Waals surface area contributed by atoms with Crippen LogP contribution in [0.15, 0.2) is 35.6 Å². The minimum Gasteiger partial charge on any atom is -0.356 e.